The Kier molecular flexibility index (Phi) is 6.19. The van der Waals surface area contributed by atoms with Gasteiger partial charge in [0.15, 0.2) is 0 Å². The van der Waals surface area contributed by atoms with Crippen LogP contribution in [0.3, 0.4) is 0 Å². The summed E-state index contributed by atoms with van der Waals surface area (Å²) in [6.45, 7) is 3.15. The molecular weight excluding hydrogens is 349 g/mol. The SMILES string of the molecule is COC[C@@H]1CCCN1CC1C=CC=C1P(c1ccccc1)c1ccccc1. The van der Waals surface area contributed by atoms with E-state index in [1.807, 2.05) is 7.11 Å². The van der Waals surface area contributed by atoms with Crippen molar-refractivity contribution in [3.63, 3.8) is 0 Å². The van der Waals surface area contributed by atoms with Crippen LogP contribution < -0.4 is 10.6 Å². The summed E-state index contributed by atoms with van der Waals surface area (Å²) in [5.41, 5.74) is 0. The van der Waals surface area contributed by atoms with Crippen molar-refractivity contribution in [1.29, 1.82) is 0 Å². The van der Waals surface area contributed by atoms with Crippen LogP contribution in [0.15, 0.2) is 84.2 Å². The van der Waals surface area contributed by atoms with Gasteiger partial charge >= 0.3 is 0 Å². The van der Waals surface area contributed by atoms with Crippen molar-refractivity contribution >= 4 is 18.5 Å². The molecule has 3 heteroatoms. The van der Waals surface area contributed by atoms with Gasteiger partial charge in [0, 0.05) is 25.6 Å². The molecule has 1 saturated heterocycles. The fraction of sp³-hybridized carbons (Fsp3) is 0.333. The molecule has 2 aromatic carbocycles. The molecule has 4 rings (SSSR count). The van der Waals surface area contributed by atoms with Crippen LogP contribution in [0.1, 0.15) is 12.8 Å². The minimum absolute atomic E-state index is 0.493. The highest BCUT2D eigenvalue weighted by atomic mass is 31.1. The van der Waals surface area contributed by atoms with Crippen LogP contribution in [0.4, 0.5) is 0 Å². The average molecular weight is 377 g/mol. The first-order chi connectivity index (χ1) is 13.4. The zero-order valence-corrected chi connectivity index (χ0v) is 16.9. The summed E-state index contributed by atoms with van der Waals surface area (Å²) < 4.78 is 5.46. The second-order valence-electron chi connectivity index (χ2n) is 7.34. The fourth-order valence-electron chi connectivity index (χ4n) is 4.28. The number of ether oxygens (including phenoxy) is 1. The molecular formula is C24H28NOP. The van der Waals surface area contributed by atoms with E-state index in [1.165, 1.54) is 30.0 Å². The summed E-state index contributed by atoms with van der Waals surface area (Å²) in [5, 5.41) is 4.45. The standard InChI is InChI=1S/C24H28NOP/c1-26-19-21-11-9-17-25(21)18-20-10-8-16-24(20)27(22-12-4-2-5-13-22)23-14-6-3-7-15-23/h2-8,10,12-16,20-21H,9,11,17-19H2,1H3/t20?,21-/m0/s1. The van der Waals surface area contributed by atoms with E-state index in [2.05, 4.69) is 83.8 Å². The van der Waals surface area contributed by atoms with Crippen LogP contribution in [0.2, 0.25) is 0 Å². The summed E-state index contributed by atoms with van der Waals surface area (Å²) in [5.74, 6) is 0.494. The van der Waals surface area contributed by atoms with Gasteiger partial charge in [-0.3, -0.25) is 4.90 Å². The van der Waals surface area contributed by atoms with E-state index in [1.54, 1.807) is 5.31 Å². The molecule has 0 saturated carbocycles. The third-order valence-corrected chi connectivity index (χ3v) is 8.19. The van der Waals surface area contributed by atoms with Crippen LogP contribution in [-0.4, -0.2) is 37.7 Å². The molecule has 140 valence electrons. The van der Waals surface area contributed by atoms with E-state index in [0.29, 0.717) is 12.0 Å². The molecule has 2 atom stereocenters. The lowest BCUT2D eigenvalue weighted by Crippen LogP contribution is -2.36. The Hall–Kier alpha value is -1.73. The zero-order chi connectivity index (χ0) is 18.5. The molecule has 2 aromatic rings. The van der Waals surface area contributed by atoms with Gasteiger partial charge < -0.3 is 4.74 Å². The fourth-order valence-corrected chi connectivity index (χ4v) is 6.85. The molecule has 0 aromatic heterocycles. The number of hydrogen-bond donors (Lipinski definition) is 0. The van der Waals surface area contributed by atoms with Gasteiger partial charge in [0.25, 0.3) is 0 Å². The summed E-state index contributed by atoms with van der Waals surface area (Å²) in [6, 6.07) is 22.6. The minimum atomic E-state index is -0.493. The Balaban J connectivity index is 1.60. The highest BCUT2D eigenvalue weighted by Gasteiger charge is 2.31. The Morgan fingerprint density at radius 3 is 2.30 bits per heavy atom. The van der Waals surface area contributed by atoms with Crippen LogP contribution in [0.5, 0.6) is 0 Å². The number of likely N-dealkylation sites (tertiary alicyclic amines) is 1. The van der Waals surface area contributed by atoms with Gasteiger partial charge in [0.05, 0.1) is 6.61 Å². The maximum atomic E-state index is 5.46. The molecule has 1 unspecified atom stereocenters. The van der Waals surface area contributed by atoms with Gasteiger partial charge in [-0.25, -0.2) is 0 Å². The van der Waals surface area contributed by atoms with E-state index in [9.17, 15) is 0 Å². The quantitative estimate of drug-likeness (QED) is 0.667. The van der Waals surface area contributed by atoms with E-state index < -0.39 is 7.92 Å². The van der Waals surface area contributed by atoms with Crippen molar-refractivity contribution in [3.05, 3.63) is 84.2 Å². The first-order valence-electron chi connectivity index (χ1n) is 9.88. The number of rotatable bonds is 7. The second kappa shape index (κ2) is 8.97. The van der Waals surface area contributed by atoms with Gasteiger partial charge in [-0.2, -0.15) is 0 Å². The van der Waals surface area contributed by atoms with E-state index in [0.717, 1.165) is 13.2 Å². The Morgan fingerprint density at radius 2 is 1.67 bits per heavy atom. The van der Waals surface area contributed by atoms with Crippen LogP contribution >= 0.6 is 7.92 Å². The molecule has 0 amide bonds. The summed E-state index contributed by atoms with van der Waals surface area (Å²) in [4.78, 5) is 2.64. The Morgan fingerprint density at radius 1 is 1.00 bits per heavy atom. The lowest BCUT2D eigenvalue weighted by atomic mass is 10.1. The normalized spacial score (nSPS) is 22.5. The third-order valence-electron chi connectivity index (χ3n) is 5.57. The average Bonchev–Trinajstić information content (AvgIpc) is 3.35. The molecule has 27 heavy (non-hydrogen) atoms. The molecule has 1 aliphatic heterocycles. The lowest BCUT2D eigenvalue weighted by Gasteiger charge is -2.30. The maximum Gasteiger partial charge on any atom is 0.0618 e. The van der Waals surface area contributed by atoms with Crippen LogP contribution in [0, 0.1) is 5.92 Å². The number of allylic oxidation sites excluding steroid dienone is 2. The lowest BCUT2D eigenvalue weighted by molar-refractivity contribution is 0.112. The maximum absolute atomic E-state index is 5.46. The number of nitrogens with zero attached hydrogens (tertiary/aromatic N) is 1. The Bertz CT molecular complexity index is 747. The number of benzene rings is 2. The van der Waals surface area contributed by atoms with Crippen molar-refractivity contribution < 1.29 is 4.74 Å². The topological polar surface area (TPSA) is 12.5 Å². The second-order valence-corrected chi connectivity index (χ2v) is 9.56. The number of methoxy groups -OCH3 is 1. The van der Waals surface area contributed by atoms with Gasteiger partial charge in [0.2, 0.25) is 0 Å². The largest absolute Gasteiger partial charge is 0.383 e. The first-order valence-corrected chi connectivity index (χ1v) is 11.2. The first kappa shape index (κ1) is 18.6. The van der Waals surface area contributed by atoms with Crippen molar-refractivity contribution in [2.75, 3.05) is 26.8 Å². The molecule has 1 heterocycles. The molecule has 2 nitrogen and oxygen atoms in total. The molecule has 0 N–H and O–H groups in total. The third kappa shape index (κ3) is 4.24. The molecule has 1 fully saturated rings. The van der Waals surface area contributed by atoms with Gasteiger partial charge in [-0.1, -0.05) is 78.9 Å². The molecule has 0 radical (unpaired) electrons. The van der Waals surface area contributed by atoms with Gasteiger partial charge in [-0.05, 0) is 43.2 Å². The molecule has 2 aliphatic rings. The summed E-state index contributed by atoms with van der Waals surface area (Å²) in [7, 11) is 1.33. The van der Waals surface area contributed by atoms with Gasteiger partial charge in [-0.15, -0.1) is 0 Å². The monoisotopic (exact) mass is 377 g/mol. The summed E-state index contributed by atoms with van der Waals surface area (Å²) >= 11 is 0. The highest BCUT2D eigenvalue weighted by molar-refractivity contribution is 7.76. The van der Waals surface area contributed by atoms with E-state index >= 15 is 0 Å². The highest BCUT2D eigenvalue weighted by Crippen LogP contribution is 2.49. The van der Waals surface area contributed by atoms with Crippen LogP contribution in [0.25, 0.3) is 0 Å². The predicted octanol–water partition coefficient (Wildman–Crippen LogP) is 4.30. The van der Waals surface area contributed by atoms with E-state index in [4.69, 9.17) is 4.74 Å². The van der Waals surface area contributed by atoms with E-state index in [-0.39, 0.29) is 0 Å². The molecule has 1 aliphatic carbocycles. The van der Waals surface area contributed by atoms with Crippen molar-refractivity contribution in [3.8, 4) is 0 Å². The van der Waals surface area contributed by atoms with Crippen molar-refractivity contribution in [2.45, 2.75) is 18.9 Å². The number of hydrogen-bond acceptors (Lipinski definition) is 2. The minimum Gasteiger partial charge on any atom is -0.383 e. The smallest absolute Gasteiger partial charge is 0.0618 e. The van der Waals surface area contributed by atoms with Crippen molar-refractivity contribution in [2.24, 2.45) is 5.92 Å². The molecule has 0 bridgehead atoms. The molecule has 0 spiro atoms. The van der Waals surface area contributed by atoms with Crippen LogP contribution in [-0.2, 0) is 4.74 Å². The summed E-state index contributed by atoms with van der Waals surface area (Å²) in [6.07, 6.45) is 9.59. The Labute approximate surface area is 164 Å². The van der Waals surface area contributed by atoms with Gasteiger partial charge in [0.1, 0.15) is 0 Å². The zero-order valence-electron chi connectivity index (χ0n) is 16.0. The predicted molar refractivity (Wildman–Crippen MR) is 116 cm³/mol. The van der Waals surface area contributed by atoms with Crippen molar-refractivity contribution in [1.82, 2.24) is 4.90 Å².